The van der Waals surface area contributed by atoms with Crippen molar-refractivity contribution in [1.29, 1.82) is 0 Å². The van der Waals surface area contributed by atoms with Gasteiger partial charge in [0.1, 0.15) is 11.5 Å². The van der Waals surface area contributed by atoms with Crippen LogP contribution in [0.5, 0.6) is 11.5 Å². The lowest BCUT2D eigenvalue weighted by Gasteiger charge is -2.09. The molecule has 0 bridgehead atoms. The van der Waals surface area contributed by atoms with Crippen LogP contribution in [0, 0.1) is 0 Å². The first-order valence-corrected chi connectivity index (χ1v) is 7.06. The molecule has 4 nitrogen and oxygen atoms in total. The zero-order valence-electron chi connectivity index (χ0n) is 11.1. The molecular formula is C13H16O4S2. The summed E-state index contributed by atoms with van der Waals surface area (Å²) in [6.07, 6.45) is 0. The van der Waals surface area contributed by atoms with E-state index in [1.54, 1.807) is 25.3 Å². The van der Waals surface area contributed by atoms with Crippen LogP contribution in [0.4, 0.5) is 0 Å². The maximum absolute atomic E-state index is 12.1. The van der Waals surface area contributed by atoms with Gasteiger partial charge < -0.3 is 14.2 Å². The van der Waals surface area contributed by atoms with Crippen molar-refractivity contribution in [2.45, 2.75) is 6.92 Å². The second-order valence-electron chi connectivity index (χ2n) is 3.46. The summed E-state index contributed by atoms with van der Waals surface area (Å²) in [6.45, 7) is 2.35. The predicted molar refractivity (Wildman–Crippen MR) is 80.6 cm³/mol. The van der Waals surface area contributed by atoms with E-state index < -0.39 is 0 Å². The van der Waals surface area contributed by atoms with Crippen LogP contribution in [0.3, 0.4) is 0 Å². The quantitative estimate of drug-likeness (QED) is 0.594. The monoisotopic (exact) mass is 300 g/mol. The summed E-state index contributed by atoms with van der Waals surface area (Å²) in [6, 6.07) is 5.11. The van der Waals surface area contributed by atoms with Crippen molar-refractivity contribution in [3.8, 4) is 11.5 Å². The van der Waals surface area contributed by atoms with Crippen LogP contribution in [-0.4, -0.2) is 36.7 Å². The fourth-order valence-electron chi connectivity index (χ4n) is 1.39. The normalized spacial score (nSPS) is 9.84. The van der Waals surface area contributed by atoms with Crippen LogP contribution >= 0.6 is 24.0 Å². The van der Waals surface area contributed by atoms with Crippen molar-refractivity contribution in [2.24, 2.45) is 0 Å². The summed E-state index contributed by atoms with van der Waals surface area (Å²) in [5.41, 5.74) is 0.480. The highest BCUT2D eigenvalue weighted by Crippen LogP contribution is 2.25. The number of rotatable bonds is 6. The highest BCUT2D eigenvalue weighted by Gasteiger charge is 2.14. The molecule has 0 amide bonds. The molecule has 6 heteroatoms. The summed E-state index contributed by atoms with van der Waals surface area (Å²) in [5, 5.41) is 0. The Bertz CT molecular complexity index is 460. The van der Waals surface area contributed by atoms with E-state index in [4.69, 9.17) is 26.4 Å². The number of methoxy groups -OCH3 is 2. The van der Waals surface area contributed by atoms with Gasteiger partial charge in [-0.1, -0.05) is 11.8 Å². The summed E-state index contributed by atoms with van der Waals surface area (Å²) in [5.74, 6) is 1.26. The van der Waals surface area contributed by atoms with Crippen molar-refractivity contribution in [2.75, 3.05) is 26.6 Å². The van der Waals surface area contributed by atoms with Crippen molar-refractivity contribution in [3.63, 3.8) is 0 Å². The number of Topliss-reactive ketones (excluding diaryl/α,β-unsaturated/α-hetero) is 1. The van der Waals surface area contributed by atoms with Gasteiger partial charge in [0.05, 0.1) is 32.1 Å². The molecule has 19 heavy (non-hydrogen) atoms. The zero-order valence-corrected chi connectivity index (χ0v) is 12.7. The van der Waals surface area contributed by atoms with Crippen molar-refractivity contribution in [1.82, 2.24) is 0 Å². The fraction of sp³-hybridized carbons (Fsp3) is 0.385. The van der Waals surface area contributed by atoms with Gasteiger partial charge in [-0.25, -0.2) is 0 Å². The first kappa shape index (κ1) is 15.8. The predicted octanol–water partition coefficient (Wildman–Crippen LogP) is 2.94. The van der Waals surface area contributed by atoms with Gasteiger partial charge in [0.2, 0.25) is 4.38 Å². The van der Waals surface area contributed by atoms with Crippen LogP contribution < -0.4 is 9.47 Å². The number of thiocarbonyl (C=S) groups is 1. The zero-order chi connectivity index (χ0) is 14.3. The first-order chi connectivity index (χ1) is 9.12. The Morgan fingerprint density at radius 3 is 2.63 bits per heavy atom. The number of carbonyl (C=O) groups excluding carboxylic acids is 1. The van der Waals surface area contributed by atoms with Gasteiger partial charge in [-0.15, -0.1) is 0 Å². The Morgan fingerprint density at radius 2 is 2.05 bits per heavy atom. The Hall–Kier alpha value is -1.27. The summed E-state index contributed by atoms with van der Waals surface area (Å²) in [7, 11) is 3.07. The van der Waals surface area contributed by atoms with Crippen LogP contribution in [-0.2, 0) is 4.74 Å². The van der Waals surface area contributed by atoms with Crippen molar-refractivity contribution >= 4 is 34.1 Å². The second kappa shape index (κ2) is 8.01. The minimum atomic E-state index is -0.0807. The van der Waals surface area contributed by atoms with E-state index in [1.807, 2.05) is 6.92 Å². The summed E-state index contributed by atoms with van der Waals surface area (Å²) < 4.78 is 15.8. The SMILES string of the molecule is CCOC(=S)SCC(=O)c1cc(OC)ccc1OC. The molecular weight excluding hydrogens is 284 g/mol. The molecule has 0 atom stereocenters. The lowest BCUT2D eigenvalue weighted by molar-refractivity contribution is 0.101. The number of ketones is 1. The molecule has 0 aliphatic heterocycles. The Labute approximate surface area is 122 Å². The van der Waals surface area contributed by atoms with Crippen molar-refractivity contribution in [3.05, 3.63) is 23.8 Å². The smallest absolute Gasteiger partial charge is 0.220 e. The second-order valence-corrected chi connectivity index (χ2v) is 5.04. The third-order valence-corrected chi connectivity index (χ3v) is 3.52. The number of hydrogen-bond acceptors (Lipinski definition) is 6. The molecule has 0 N–H and O–H groups in total. The van der Waals surface area contributed by atoms with Crippen LogP contribution in [0.1, 0.15) is 17.3 Å². The highest BCUT2D eigenvalue weighted by molar-refractivity contribution is 8.23. The van der Waals surface area contributed by atoms with E-state index >= 15 is 0 Å². The molecule has 104 valence electrons. The molecule has 0 spiro atoms. The number of thioether (sulfide) groups is 1. The number of benzene rings is 1. The molecule has 0 fully saturated rings. The first-order valence-electron chi connectivity index (χ1n) is 5.67. The van der Waals surface area contributed by atoms with Crippen molar-refractivity contribution < 1.29 is 19.0 Å². The average molecular weight is 300 g/mol. The third kappa shape index (κ3) is 4.72. The van der Waals surface area contributed by atoms with Crippen LogP contribution in [0.25, 0.3) is 0 Å². The largest absolute Gasteiger partial charge is 0.497 e. The maximum Gasteiger partial charge on any atom is 0.220 e. The van der Waals surface area contributed by atoms with E-state index in [0.717, 1.165) is 0 Å². The van der Waals surface area contributed by atoms with Gasteiger partial charge in [0.25, 0.3) is 0 Å². The molecule has 0 aromatic heterocycles. The third-order valence-electron chi connectivity index (χ3n) is 2.29. The van der Waals surface area contributed by atoms with Gasteiger partial charge in [-0.05, 0) is 37.3 Å². The minimum absolute atomic E-state index is 0.0807. The number of hydrogen-bond donors (Lipinski definition) is 0. The standard InChI is InChI=1S/C13H16O4S2/c1-4-17-13(18)19-8-11(14)10-7-9(15-2)5-6-12(10)16-3/h5-7H,4,8H2,1-3H3. The Morgan fingerprint density at radius 1 is 1.32 bits per heavy atom. The van der Waals surface area contributed by atoms with Crippen LogP contribution in [0.15, 0.2) is 18.2 Å². The lowest BCUT2D eigenvalue weighted by Crippen LogP contribution is -2.08. The maximum atomic E-state index is 12.1. The molecule has 0 radical (unpaired) electrons. The molecule has 0 heterocycles. The molecule has 0 saturated heterocycles. The average Bonchev–Trinajstić information content (AvgIpc) is 2.44. The van der Waals surface area contributed by atoms with Crippen LogP contribution in [0.2, 0.25) is 0 Å². The summed E-state index contributed by atoms with van der Waals surface area (Å²) in [4.78, 5) is 12.1. The topological polar surface area (TPSA) is 44.8 Å². The molecule has 1 rings (SSSR count). The Kier molecular flexibility index (Phi) is 6.66. The minimum Gasteiger partial charge on any atom is -0.497 e. The van der Waals surface area contributed by atoms with E-state index in [2.05, 4.69) is 0 Å². The lowest BCUT2D eigenvalue weighted by atomic mass is 10.1. The molecule has 0 aliphatic rings. The van der Waals surface area contributed by atoms with Gasteiger partial charge in [-0.3, -0.25) is 4.79 Å². The molecule has 1 aromatic carbocycles. The molecule has 0 saturated carbocycles. The van der Waals surface area contributed by atoms with Gasteiger partial charge >= 0.3 is 0 Å². The highest BCUT2D eigenvalue weighted by atomic mass is 32.2. The van der Waals surface area contributed by atoms with E-state index in [0.29, 0.717) is 28.1 Å². The van der Waals surface area contributed by atoms with E-state index in [1.165, 1.54) is 18.9 Å². The number of carbonyl (C=O) groups is 1. The fourth-order valence-corrected chi connectivity index (χ4v) is 2.29. The van der Waals surface area contributed by atoms with Gasteiger partial charge in [0.15, 0.2) is 5.78 Å². The molecule has 0 unspecified atom stereocenters. The molecule has 1 aromatic rings. The Balaban J connectivity index is 2.77. The van der Waals surface area contributed by atoms with E-state index in [-0.39, 0.29) is 11.5 Å². The number of ether oxygens (including phenoxy) is 3. The van der Waals surface area contributed by atoms with Gasteiger partial charge in [-0.2, -0.15) is 0 Å². The summed E-state index contributed by atoms with van der Waals surface area (Å²) >= 11 is 6.16. The van der Waals surface area contributed by atoms with Gasteiger partial charge in [0, 0.05) is 0 Å². The molecule has 0 aliphatic carbocycles. The van der Waals surface area contributed by atoms with E-state index in [9.17, 15) is 4.79 Å².